The van der Waals surface area contributed by atoms with Gasteiger partial charge in [0.15, 0.2) is 6.61 Å². The minimum atomic E-state index is -0.0532. The van der Waals surface area contributed by atoms with Gasteiger partial charge in [-0.3, -0.25) is 4.79 Å². The number of carbonyl (C=O) groups excluding carboxylic acids is 2. The summed E-state index contributed by atoms with van der Waals surface area (Å²) in [5, 5.41) is 2.99. The molecule has 1 aliphatic carbocycles. The van der Waals surface area contributed by atoms with E-state index in [4.69, 9.17) is 4.74 Å². The molecule has 1 N–H and O–H groups in total. The van der Waals surface area contributed by atoms with Crippen LogP contribution < -0.4 is 10.1 Å². The second-order valence-electron chi connectivity index (χ2n) is 5.68. The zero-order valence-electron chi connectivity index (χ0n) is 12.6. The second kappa shape index (κ2) is 7.81. The van der Waals surface area contributed by atoms with Crippen LogP contribution >= 0.6 is 0 Å². The third-order valence-electron chi connectivity index (χ3n) is 3.78. The first-order valence-corrected chi connectivity index (χ1v) is 7.64. The Balaban J connectivity index is 1.72. The summed E-state index contributed by atoms with van der Waals surface area (Å²) in [5.41, 5.74) is 1.10. The molecule has 1 aromatic rings. The largest absolute Gasteiger partial charge is 0.484 e. The van der Waals surface area contributed by atoms with Crippen LogP contribution in [0, 0.1) is 0 Å². The van der Waals surface area contributed by atoms with Crippen LogP contribution in [0.4, 0.5) is 0 Å². The lowest BCUT2D eigenvalue weighted by atomic mass is 10.1. The first-order valence-electron chi connectivity index (χ1n) is 7.64. The molecule has 0 radical (unpaired) electrons. The van der Waals surface area contributed by atoms with Gasteiger partial charge in [0, 0.05) is 12.5 Å². The van der Waals surface area contributed by atoms with Crippen molar-refractivity contribution >= 4 is 11.7 Å². The standard InChI is InChI=1S/C17H23NO3/c1-13(19)6-7-14-8-10-16(11-9-14)21-12-17(20)18-15-4-2-3-5-15/h8-11,15H,2-7,12H2,1H3,(H,18,20). The highest BCUT2D eigenvalue weighted by atomic mass is 16.5. The highest BCUT2D eigenvalue weighted by Gasteiger charge is 2.17. The van der Waals surface area contributed by atoms with Crippen molar-refractivity contribution in [2.24, 2.45) is 0 Å². The fraction of sp³-hybridized carbons (Fsp3) is 0.529. The quantitative estimate of drug-likeness (QED) is 0.839. The maximum atomic E-state index is 11.7. The third kappa shape index (κ3) is 5.58. The van der Waals surface area contributed by atoms with Gasteiger partial charge in [0.2, 0.25) is 0 Å². The molecule has 114 valence electrons. The Morgan fingerprint density at radius 2 is 1.86 bits per heavy atom. The van der Waals surface area contributed by atoms with E-state index < -0.39 is 0 Å². The molecule has 1 fully saturated rings. The van der Waals surface area contributed by atoms with Crippen LogP contribution in [0.2, 0.25) is 0 Å². The van der Waals surface area contributed by atoms with Crippen LogP contribution in [0.3, 0.4) is 0 Å². The summed E-state index contributed by atoms with van der Waals surface area (Å²) in [6, 6.07) is 7.90. The lowest BCUT2D eigenvalue weighted by Gasteiger charge is -2.12. The number of benzene rings is 1. The van der Waals surface area contributed by atoms with Gasteiger partial charge in [0.25, 0.3) is 5.91 Å². The molecule has 1 saturated carbocycles. The van der Waals surface area contributed by atoms with E-state index in [0.29, 0.717) is 18.2 Å². The van der Waals surface area contributed by atoms with E-state index in [2.05, 4.69) is 5.32 Å². The summed E-state index contributed by atoms with van der Waals surface area (Å²) >= 11 is 0. The fourth-order valence-corrected chi connectivity index (χ4v) is 2.56. The molecule has 2 rings (SSSR count). The normalized spacial score (nSPS) is 14.9. The molecule has 0 bridgehead atoms. The van der Waals surface area contributed by atoms with Crippen molar-refractivity contribution in [1.82, 2.24) is 5.32 Å². The Morgan fingerprint density at radius 3 is 2.48 bits per heavy atom. The highest BCUT2D eigenvalue weighted by molar-refractivity contribution is 5.77. The number of nitrogens with one attached hydrogen (secondary N) is 1. The molecule has 4 nitrogen and oxygen atoms in total. The summed E-state index contributed by atoms with van der Waals surface area (Å²) in [6.45, 7) is 1.66. The summed E-state index contributed by atoms with van der Waals surface area (Å²) in [6.07, 6.45) is 5.87. The van der Waals surface area contributed by atoms with Gasteiger partial charge in [0.1, 0.15) is 11.5 Å². The number of hydrogen-bond donors (Lipinski definition) is 1. The molecule has 0 heterocycles. The van der Waals surface area contributed by atoms with Crippen LogP contribution in [0.15, 0.2) is 24.3 Å². The van der Waals surface area contributed by atoms with Crippen molar-refractivity contribution in [3.63, 3.8) is 0 Å². The first kappa shape index (κ1) is 15.5. The molecule has 1 aromatic carbocycles. The molecule has 0 aromatic heterocycles. The number of rotatable bonds is 7. The summed E-state index contributed by atoms with van der Waals surface area (Å²) in [4.78, 5) is 22.7. The maximum absolute atomic E-state index is 11.7. The molecule has 0 aliphatic heterocycles. The Morgan fingerprint density at radius 1 is 1.19 bits per heavy atom. The van der Waals surface area contributed by atoms with Gasteiger partial charge in [-0.25, -0.2) is 0 Å². The van der Waals surface area contributed by atoms with Gasteiger partial charge < -0.3 is 14.8 Å². The highest BCUT2D eigenvalue weighted by Crippen LogP contribution is 2.17. The average Bonchev–Trinajstić information content (AvgIpc) is 2.97. The topological polar surface area (TPSA) is 55.4 Å². The van der Waals surface area contributed by atoms with Crippen molar-refractivity contribution in [3.05, 3.63) is 29.8 Å². The molecule has 21 heavy (non-hydrogen) atoms. The van der Waals surface area contributed by atoms with E-state index in [1.807, 2.05) is 24.3 Å². The molecule has 4 heteroatoms. The second-order valence-corrected chi connectivity index (χ2v) is 5.68. The van der Waals surface area contributed by atoms with Crippen molar-refractivity contribution in [2.75, 3.05) is 6.61 Å². The molecular formula is C17H23NO3. The van der Waals surface area contributed by atoms with Gasteiger partial charge in [-0.05, 0) is 43.9 Å². The average molecular weight is 289 g/mol. The predicted molar refractivity (Wildman–Crippen MR) is 81.3 cm³/mol. The molecular weight excluding hydrogens is 266 g/mol. The van der Waals surface area contributed by atoms with Crippen LogP contribution in [-0.2, 0) is 16.0 Å². The van der Waals surface area contributed by atoms with Crippen LogP contribution in [-0.4, -0.2) is 24.3 Å². The smallest absolute Gasteiger partial charge is 0.258 e. The Labute approximate surface area is 125 Å². The number of aryl methyl sites for hydroxylation is 1. The van der Waals surface area contributed by atoms with Gasteiger partial charge in [-0.15, -0.1) is 0 Å². The van der Waals surface area contributed by atoms with Crippen molar-refractivity contribution in [1.29, 1.82) is 0 Å². The minimum Gasteiger partial charge on any atom is -0.484 e. The Kier molecular flexibility index (Phi) is 5.78. The number of ketones is 1. The van der Waals surface area contributed by atoms with Crippen LogP contribution in [0.5, 0.6) is 5.75 Å². The van der Waals surface area contributed by atoms with E-state index in [0.717, 1.165) is 24.8 Å². The molecule has 0 atom stereocenters. The predicted octanol–water partition coefficient (Wildman–Crippen LogP) is 2.65. The zero-order chi connectivity index (χ0) is 15.1. The number of hydrogen-bond acceptors (Lipinski definition) is 3. The molecule has 0 unspecified atom stereocenters. The summed E-state index contributed by atoms with van der Waals surface area (Å²) in [5.74, 6) is 0.824. The Hall–Kier alpha value is -1.84. The number of Topliss-reactive ketones (excluding diaryl/α,β-unsaturated/α-hetero) is 1. The SMILES string of the molecule is CC(=O)CCc1ccc(OCC(=O)NC2CCCC2)cc1. The fourth-order valence-electron chi connectivity index (χ4n) is 2.56. The van der Waals surface area contributed by atoms with Gasteiger partial charge in [0.05, 0.1) is 0 Å². The van der Waals surface area contributed by atoms with Crippen LogP contribution in [0.25, 0.3) is 0 Å². The number of carbonyl (C=O) groups is 2. The monoisotopic (exact) mass is 289 g/mol. The van der Waals surface area contributed by atoms with Gasteiger partial charge in [-0.2, -0.15) is 0 Å². The third-order valence-corrected chi connectivity index (χ3v) is 3.78. The lowest BCUT2D eigenvalue weighted by Crippen LogP contribution is -2.36. The van der Waals surface area contributed by atoms with E-state index in [1.165, 1.54) is 12.8 Å². The number of amides is 1. The minimum absolute atomic E-state index is 0.0532. The molecule has 0 saturated heterocycles. The van der Waals surface area contributed by atoms with E-state index >= 15 is 0 Å². The molecule has 0 spiro atoms. The van der Waals surface area contributed by atoms with Gasteiger partial charge >= 0.3 is 0 Å². The maximum Gasteiger partial charge on any atom is 0.258 e. The first-order chi connectivity index (χ1) is 10.1. The van der Waals surface area contributed by atoms with Crippen LogP contribution in [0.1, 0.15) is 44.6 Å². The molecule has 1 amide bonds. The zero-order valence-corrected chi connectivity index (χ0v) is 12.6. The Bertz CT molecular complexity index is 475. The molecule has 1 aliphatic rings. The van der Waals surface area contributed by atoms with E-state index in [9.17, 15) is 9.59 Å². The van der Waals surface area contributed by atoms with Crippen molar-refractivity contribution in [3.8, 4) is 5.75 Å². The van der Waals surface area contributed by atoms with E-state index in [1.54, 1.807) is 6.92 Å². The summed E-state index contributed by atoms with van der Waals surface area (Å²) < 4.78 is 5.48. The lowest BCUT2D eigenvalue weighted by molar-refractivity contribution is -0.123. The van der Waals surface area contributed by atoms with Gasteiger partial charge in [-0.1, -0.05) is 25.0 Å². The summed E-state index contributed by atoms with van der Waals surface area (Å²) in [7, 11) is 0. The van der Waals surface area contributed by atoms with Crippen molar-refractivity contribution in [2.45, 2.75) is 51.5 Å². The number of ether oxygens (including phenoxy) is 1. The van der Waals surface area contributed by atoms with E-state index in [-0.39, 0.29) is 18.3 Å². The van der Waals surface area contributed by atoms with Crippen molar-refractivity contribution < 1.29 is 14.3 Å².